The van der Waals surface area contributed by atoms with Crippen LogP contribution in [0.15, 0.2) is 22.7 Å². The van der Waals surface area contributed by atoms with Gasteiger partial charge in [0, 0.05) is 4.47 Å². The molecule has 0 radical (unpaired) electrons. The predicted molar refractivity (Wildman–Crippen MR) is 80.6 cm³/mol. The number of amides is 1. The first-order valence-corrected chi connectivity index (χ1v) is 7.59. The topological polar surface area (TPSA) is 66.4 Å². The Labute approximate surface area is 126 Å². The number of anilines is 1. The van der Waals surface area contributed by atoms with Crippen LogP contribution in [0.3, 0.4) is 0 Å². The normalized spacial score (nSPS) is 22.3. The van der Waals surface area contributed by atoms with Crippen molar-refractivity contribution in [3.05, 3.63) is 28.2 Å². The molecule has 1 saturated carbocycles. The van der Waals surface area contributed by atoms with Crippen molar-refractivity contribution in [1.29, 1.82) is 0 Å². The lowest BCUT2D eigenvalue weighted by atomic mass is 9.78. The van der Waals surface area contributed by atoms with Crippen molar-refractivity contribution in [3.8, 4) is 0 Å². The smallest absolute Gasteiger partial charge is 0.307 e. The fraction of sp³-hybridized carbons (Fsp3) is 0.467. The van der Waals surface area contributed by atoms with E-state index in [1.165, 1.54) is 0 Å². The van der Waals surface area contributed by atoms with Crippen molar-refractivity contribution in [2.75, 3.05) is 5.32 Å². The SMILES string of the molecule is Cc1cccc(NC(=O)C2CCCCC2C(=O)O)c1Br. The van der Waals surface area contributed by atoms with Gasteiger partial charge in [-0.05, 0) is 47.3 Å². The minimum absolute atomic E-state index is 0.191. The summed E-state index contributed by atoms with van der Waals surface area (Å²) in [5.41, 5.74) is 1.73. The third-order valence-corrected chi connectivity index (χ3v) is 4.92. The quantitative estimate of drug-likeness (QED) is 0.884. The maximum absolute atomic E-state index is 12.4. The molecule has 1 amide bonds. The van der Waals surface area contributed by atoms with Gasteiger partial charge in [0.15, 0.2) is 0 Å². The van der Waals surface area contributed by atoms with Crippen LogP contribution in [-0.2, 0) is 9.59 Å². The summed E-state index contributed by atoms with van der Waals surface area (Å²) in [5, 5.41) is 12.1. The molecule has 1 aromatic rings. The average Bonchev–Trinajstić information content (AvgIpc) is 2.43. The van der Waals surface area contributed by atoms with Gasteiger partial charge < -0.3 is 10.4 Å². The number of nitrogens with one attached hydrogen (secondary N) is 1. The number of carboxylic acids is 1. The minimum atomic E-state index is -0.867. The van der Waals surface area contributed by atoms with Crippen LogP contribution in [0.5, 0.6) is 0 Å². The van der Waals surface area contributed by atoms with Gasteiger partial charge in [-0.15, -0.1) is 0 Å². The van der Waals surface area contributed by atoms with Gasteiger partial charge in [0.05, 0.1) is 17.5 Å². The Bertz CT molecular complexity index is 530. The molecule has 1 aliphatic carbocycles. The number of aliphatic carboxylic acids is 1. The Kier molecular flexibility index (Phi) is 4.81. The predicted octanol–water partition coefficient (Wildman–Crippen LogP) is 3.59. The molecule has 1 fully saturated rings. The van der Waals surface area contributed by atoms with Crippen LogP contribution >= 0.6 is 15.9 Å². The van der Waals surface area contributed by atoms with Gasteiger partial charge in [0.25, 0.3) is 0 Å². The molecular weight excluding hydrogens is 322 g/mol. The Hall–Kier alpha value is -1.36. The maximum Gasteiger partial charge on any atom is 0.307 e. The number of carbonyl (C=O) groups is 2. The maximum atomic E-state index is 12.4. The number of aryl methyl sites for hydroxylation is 1. The summed E-state index contributed by atoms with van der Waals surface area (Å²) < 4.78 is 0.844. The molecule has 108 valence electrons. The van der Waals surface area contributed by atoms with Crippen molar-refractivity contribution in [3.63, 3.8) is 0 Å². The first-order chi connectivity index (χ1) is 9.50. The molecule has 0 saturated heterocycles. The number of hydrogen-bond acceptors (Lipinski definition) is 2. The van der Waals surface area contributed by atoms with Gasteiger partial charge in [-0.25, -0.2) is 0 Å². The Morgan fingerprint density at radius 2 is 1.90 bits per heavy atom. The molecule has 2 atom stereocenters. The second-order valence-electron chi connectivity index (χ2n) is 5.26. The Morgan fingerprint density at radius 1 is 1.25 bits per heavy atom. The van der Waals surface area contributed by atoms with Crippen LogP contribution in [0.4, 0.5) is 5.69 Å². The second kappa shape index (κ2) is 6.39. The highest BCUT2D eigenvalue weighted by Gasteiger charge is 2.35. The molecule has 0 bridgehead atoms. The molecule has 5 heteroatoms. The van der Waals surface area contributed by atoms with Crippen LogP contribution in [0.25, 0.3) is 0 Å². The van der Waals surface area contributed by atoms with Crippen molar-refractivity contribution in [2.24, 2.45) is 11.8 Å². The molecular formula is C15H18BrNO3. The highest BCUT2D eigenvalue weighted by Crippen LogP contribution is 2.32. The molecule has 2 N–H and O–H groups in total. The lowest BCUT2D eigenvalue weighted by molar-refractivity contribution is -0.147. The van der Waals surface area contributed by atoms with Crippen molar-refractivity contribution >= 4 is 33.5 Å². The number of rotatable bonds is 3. The zero-order valence-corrected chi connectivity index (χ0v) is 12.9. The summed E-state index contributed by atoms with van der Waals surface area (Å²) in [6.45, 7) is 1.94. The highest BCUT2D eigenvalue weighted by molar-refractivity contribution is 9.10. The van der Waals surface area contributed by atoms with Crippen molar-refractivity contribution in [1.82, 2.24) is 0 Å². The average molecular weight is 340 g/mol. The summed E-state index contributed by atoms with van der Waals surface area (Å²) in [4.78, 5) is 23.6. The lowest BCUT2D eigenvalue weighted by Gasteiger charge is -2.27. The number of benzene rings is 1. The van der Waals surface area contributed by atoms with Crippen LogP contribution in [0.1, 0.15) is 31.2 Å². The van der Waals surface area contributed by atoms with Crippen molar-refractivity contribution in [2.45, 2.75) is 32.6 Å². The number of halogens is 1. The number of hydrogen-bond donors (Lipinski definition) is 2. The molecule has 0 heterocycles. The van der Waals surface area contributed by atoms with Crippen molar-refractivity contribution < 1.29 is 14.7 Å². The summed E-state index contributed by atoms with van der Waals surface area (Å²) in [6, 6.07) is 5.62. The van der Waals surface area contributed by atoms with E-state index in [-0.39, 0.29) is 5.91 Å². The highest BCUT2D eigenvalue weighted by atomic mass is 79.9. The molecule has 1 aromatic carbocycles. The van der Waals surface area contributed by atoms with E-state index in [0.29, 0.717) is 18.5 Å². The zero-order chi connectivity index (χ0) is 14.7. The van der Waals surface area contributed by atoms with Gasteiger partial charge >= 0.3 is 5.97 Å². The van der Waals surface area contributed by atoms with Gasteiger partial charge in [0.1, 0.15) is 0 Å². The molecule has 1 aliphatic rings. The molecule has 2 unspecified atom stereocenters. The van der Waals surface area contributed by atoms with Gasteiger partial charge in [-0.1, -0.05) is 25.0 Å². The Morgan fingerprint density at radius 3 is 2.55 bits per heavy atom. The first kappa shape index (κ1) is 15.0. The number of carbonyl (C=O) groups excluding carboxylic acids is 1. The Balaban J connectivity index is 2.14. The first-order valence-electron chi connectivity index (χ1n) is 6.79. The molecule has 0 aliphatic heterocycles. The largest absolute Gasteiger partial charge is 0.481 e. The van der Waals surface area contributed by atoms with Crippen LogP contribution < -0.4 is 5.32 Å². The lowest BCUT2D eigenvalue weighted by Crippen LogP contribution is -2.36. The fourth-order valence-electron chi connectivity index (χ4n) is 2.71. The zero-order valence-electron chi connectivity index (χ0n) is 11.4. The minimum Gasteiger partial charge on any atom is -0.481 e. The van der Waals surface area contributed by atoms with E-state index in [0.717, 1.165) is 22.9 Å². The monoisotopic (exact) mass is 339 g/mol. The third-order valence-electron chi connectivity index (χ3n) is 3.87. The van der Waals surface area contributed by atoms with E-state index in [4.69, 9.17) is 0 Å². The van der Waals surface area contributed by atoms with E-state index in [9.17, 15) is 14.7 Å². The van der Waals surface area contributed by atoms with Crippen LogP contribution in [0, 0.1) is 18.8 Å². The van der Waals surface area contributed by atoms with Gasteiger partial charge in [-0.2, -0.15) is 0 Å². The van der Waals surface area contributed by atoms with E-state index >= 15 is 0 Å². The number of carboxylic acid groups (broad SMARTS) is 1. The molecule has 0 spiro atoms. The van der Waals surface area contributed by atoms with Crippen LogP contribution in [-0.4, -0.2) is 17.0 Å². The molecule has 2 rings (SSSR count). The van der Waals surface area contributed by atoms with E-state index < -0.39 is 17.8 Å². The summed E-state index contributed by atoms with van der Waals surface area (Å²) in [6.07, 6.45) is 3.03. The summed E-state index contributed by atoms with van der Waals surface area (Å²) in [7, 11) is 0. The molecule has 4 nitrogen and oxygen atoms in total. The van der Waals surface area contributed by atoms with Gasteiger partial charge in [0.2, 0.25) is 5.91 Å². The third kappa shape index (κ3) is 3.20. The molecule has 0 aromatic heterocycles. The fourth-order valence-corrected chi connectivity index (χ4v) is 3.07. The second-order valence-corrected chi connectivity index (χ2v) is 6.05. The standard InChI is InChI=1S/C15H18BrNO3/c1-9-5-4-8-12(13(9)16)17-14(18)10-6-2-3-7-11(10)15(19)20/h4-5,8,10-11H,2-3,6-7H2,1H3,(H,17,18)(H,19,20). The molecule has 20 heavy (non-hydrogen) atoms. The summed E-state index contributed by atoms with van der Waals surface area (Å²) in [5.74, 6) is -2.06. The van der Waals surface area contributed by atoms with E-state index in [2.05, 4.69) is 21.2 Å². The van der Waals surface area contributed by atoms with E-state index in [1.54, 1.807) is 0 Å². The van der Waals surface area contributed by atoms with Crippen LogP contribution in [0.2, 0.25) is 0 Å². The van der Waals surface area contributed by atoms with E-state index in [1.807, 2.05) is 25.1 Å². The summed E-state index contributed by atoms with van der Waals surface area (Å²) >= 11 is 3.45. The van der Waals surface area contributed by atoms with Gasteiger partial charge in [-0.3, -0.25) is 9.59 Å².